The predicted molar refractivity (Wildman–Crippen MR) is 47.4 cm³/mol. The fourth-order valence-corrected chi connectivity index (χ4v) is 0.728. The summed E-state index contributed by atoms with van der Waals surface area (Å²) in [4.78, 5) is 21.7. The standard InChI is InChI=1S/C8H13NO5/c1-5(10)9-7(8(12)14-3)6(11)4-13-2/h11H,4H2,1-3H3,(H,9,10)/b7-6+. The summed E-state index contributed by atoms with van der Waals surface area (Å²) in [6, 6.07) is 0. The van der Waals surface area contributed by atoms with E-state index in [4.69, 9.17) is 0 Å². The zero-order valence-corrected chi connectivity index (χ0v) is 8.29. The van der Waals surface area contributed by atoms with E-state index in [2.05, 4.69) is 14.8 Å². The molecule has 2 N–H and O–H groups in total. The zero-order chi connectivity index (χ0) is 11.1. The molecule has 0 bridgehead atoms. The van der Waals surface area contributed by atoms with E-state index in [1.54, 1.807) is 0 Å². The lowest BCUT2D eigenvalue weighted by molar-refractivity contribution is -0.138. The highest BCUT2D eigenvalue weighted by Crippen LogP contribution is 2.00. The summed E-state index contributed by atoms with van der Waals surface area (Å²) in [6.07, 6.45) is 0. The summed E-state index contributed by atoms with van der Waals surface area (Å²) in [5.41, 5.74) is -0.304. The van der Waals surface area contributed by atoms with Crippen LogP contribution < -0.4 is 5.32 Å². The van der Waals surface area contributed by atoms with Crippen LogP contribution in [-0.2, 0) is 19.1 Å². The molecule has 0 fully saturated rings. The average Bonchev–Trinajstić information content (AvgIpc) is 2.13. The van der Waals surface area contributed by atoms with Gasteiger partial charge in [-0.15, -0.1) is 0 Å². The molecule has 0 radical (unpaired) electrons. The van der Waals surface area contributed by atoms with Crippen LogP contribution in [0.2, 0.25) is 0 Å². The van der Waals surface area contributed by atoms with Crippen molar-refractivity contribution in [1.82, 2.24) is 5.32 Å². The Balaban J connectivity index is 4.77. The minimum atomic E-state index is -0.824. The van der Waals surface area contributed by atoms with E-state index in [1.807, 2.05) is 0 Å². The number of methoxy groups -OCH3 is 2. The number of rotatable bonds is 4. The van der Waals surface area contributed by atoms with Crippen molar-refractivity contribution < 1.29 is 24.2 Å². The van der Waals surface area contributed by atoms with E-state index in [-0.39, 0.29) is 18.1 Å². The predicted octanol–water partition coefficient (Wildman–Crippen LogP) is -0.288. The van der Waals surface area contributed by atoms with Crippen LogP contribution in [0.4, 0.5) is 0 Å². The van der Waals surface area contributed by atoms with Gasteiger partial charge in [0.1, 0.15) is 12.4 Å². The van der Waals surface area contributed by atoms with Gasteiger partial charge in [0, 0.05) is 14.0 Å². The van der Waals surface area contributed by atoms with Crippen LogP contribution in [-0.4, -0.2) is 37.8 Å². The maximum atomic E-state index is 11.1. The van der Waals surface area contributed by atoms with Gasteiger partial charge in [-0.05, 0) is 0 Å². The Hall–Kier alpha value is -1.56. The van der Waals surface area contributed by atoms with Crippen molar-refractivity contribution in [2.45, 2.75) is 6.92 Å². The van der Waals surface area contributed by atoms with E-state index in [0.29, 0.717) is 0 Å². The first-order valence-electron chi connectivity index (χ1n) is 3.79. The number of hydrogen-bond donors (Lipinski definition) is 2. The molecule has 0 atom stereocenters. The molecule has 0 aliphatic carbocycles. The topological polar surface area (TPSA) is 84.9 Å². The summed E-state index contributed by atoms with van der Waals surface area (Å²) >= 11 is 0. The van der Waals surface area contributed by atoms with Crippen LogP contribution in [0.3, 0.4) is 0 Å². The third kappa shape index (κ3) is 3.90. The van der Waals surface area contributed by atoms with Crippen molar-refractivity contribution >= 4 is 11.9 Å². The van der Waals surface area contributed by atoms with E-state index >= 15 is 0 Å². The highest BCUT2D eigenvalue weighted by molar-refractivity contribution is 5.93. The average molecular weight is 203 g/mol. The van der Waals surface area contributed by atoms with Gasteiger partial charge in [-0.25, -0.2) is 4.79 Å². The molecule has 80 valence electrons. The lowest BCUT2D eigenvalue weighted by Crippen LogP contribution is -2.28. The minimum Gasteiger partial charge on any atom is -0.507 e. The number of carbonyl (C=O) groups excluding carboxylic acids is 2. The van der Waals surface area contributed by atoms with Gasteiger partial charge in [0.2, 0.25) is 5.91 Å². The fraction of sp³-hybridized carbons (Fsp3) is 0.500. The summed E-state index contributed by atoms with van der Waals surface area (Å²) in [6.45, 7) is 1.04. The van der Waals surface area contributed by atoms with Gasteiger partial charge in [0.25, 0.3) is 0 Å². The highest BCUT2D eigenvalue weighted by Gasteiger charge is 2.16. The third-order valence-electron chi connectivity index (χ3n) is 1.26. The van der Waals surface area contributed by atoms with Crippen LogP contribution in [0.15, 0.2) is 11.5 Å². The Morgan fingerprint density at radius 1 is 1.36 bits per heavy atom. The Labute approximate surface area is 81.5 Å². The maximum Gasteiger partial charge on any atom is 0.358 e. The lowest BCUT2D eigenvalue weighted by atomic mass is 10.3. The molecule has 0 aromatic carbocycles. The number of hydrogen-bond acceptors (Lipinski definition) is 5. The van der Waals surface area contributed by atoms with Crippen molar-refractivity contribution in [1.29, 1.82) is 0 Å². The summed E-state index contributed by atoms with van der Waals surface area (Å²) < 4.78 is 8.95. The van der Waals surface area contributed by atoms with Crippen molar-refractivity contribution in [2.24, 2.45) is 0 Å². The number of carbonyl (C=O) groups is 2. The number of amides is 1. The van der Waals surface area contributed by atoms with Crippen LogP contribution in [0.1, 0.15) is 6.92 Å². The zero-order valence-electron chi connectivity index (χ0n) is 8.29. The van der Waals surface area contributed by atoms with Crippen LogP contribution in [0.25, 0.3) is 0 Å². The number of ether oxygens (including phenoxy) is 2. The van der Waals surface area contributed by atoms with Gasteiger partial charge in [-0.1, -0.05) is 0 Å². The molecule has 14 heavy (non-hydrogen) atoms. The van der Waals surface area contributed by atoms with Crippen LogP contribution in [0, 0.1) is 0 Å². The Morgan fingerprint density at radius 2 is 1.93 bits per heavy atom. The van der Waals surface area contributed by atoms with E-state index in [9.17, 15) is 14.7 Å². The van der Waals surface area contributed by atoms with Gasteiger partial charge >= 0.3 is 5.97 Å². The second-order valence-electron chi connectivity index (χ2n) is 2.43. The third-order valence-corrected chi connectivity index (χ3v) is 1.26. The van der Waals surface area contributed by atoms with Crippen LogP contribution in [0.5, 0.6) is 0 Å². The smallest absolute Gasteiger partial charge is 0.358 e. The largest absolute Gasteiger partial charge is 0.507 e. The minimum absolute atomic E-state index is 0.176. The first kappa shape index (κ1) is 12.4. The van der Waals surface area contributed by atoms with Crippen molar-refractivity contribution in [3.05, 3.63) is 11.5 Å². The number of aliphatic hydroxyl groups is 1. The van der Waals surface area contributed by atoms with Gasteiger partial charge in [0.15, 0.2) is 5.70 Å². The van der Waals surface area contributed by atoms with Crippen molar-refractivity contribution in [3.8, 4) is 0 Å². The summed E-state index contributed by atoms with van der Waals surface area (Å²) in [7, 11) is 2.49. The maximum absolute atomic E-state index is 11.1. The highest BCUT2D eigenvalue weighted by atomic mass is 16.5. The number of esters is 1. The number of nitrogens with one attached hydrogen (secondary N) is 1. The Morgan fingerprint density at radius 3 is 2.29 bits per heavy atom. The SMILES string of the molecule is COC/C(O)=C(\NC(C)=O)C(=O)OC. The molecular formula is C8H13NO5. The summed E-state index contributed by atoms with van der Waals surface area (Å²) in [5, 5.41) is 11.4. The lowest BCUT2D eigenvalue weighted by Gasteiger charge is -2.08. The molecule has 0 rings (SSSR count). The first-order chi connectivity index (χ1) is 6.52. The molecule has 0 spiro atoms. The molecule has 1 amide bonds. The summed E-state index contributed by atoms with van der Waals surface area (Å²) in [5.74, 6) is -1.68. The molecule has 0 aromatic rings. The molecule has 6 nitrogen and oxygen atoms in total. The van der Waals surface area contributed by atoms with E-state index in [1.165, 1.54) is 14.0 Å². The quantitative estimate of drug-likeness (QED) is 0.372. The Kier molecular flexibility index (Phi) is 5.31. The molecule has 0 unspecified atom stereocenters. The molecular weight excluding hydrogens is 190 g/mol. The normalized spacial score (nSPS) is 11.6. The van der Waals surface area contributed by atoms with Crippen molar-refractivity contribution in [2.75, 3.05) is 20.8 Å². The second kappa shape index (κ2) is 5.98. The van der Waals surface area contributed by atoms with Gasteiger partial charge in [-0.3, -0.25) is 4.79 Å². The second-order valence-corrected chi connectivity index (χ2v) is 2.43. The molecule has 0 saturated heterocycles. The van der Waals surface area contributed by atoms with Crippen LogP contribution >= 0.6 is 0 Å². The van der Waals surface area contributed by atoms with Gasteiger partial charge in [0.05, 0.1) is 7.11 Å². The fourth-order valence-electron chi connectivity index (χ4n) is 0.728. The molecule has 0 aliphatic heterocycles. The van der Waals surface area contributed by atoms with E-state index in [0.717, 1.165) is 7.11 Å². The first-order valence-corrected chi connectivity index (χ1v) is 3.79. The van der Waals surface area contributed by atoms with Crippen molar-refractivity contribution in [3.63, 3.8) is 0 Å². The molecule has 0 heterocycles. The molecule has 0 aromatic heterocycles. The monoisotopic (exact) mass is 203 g/mol. The molecule has 0 saturated carbocycles. The van der Waals surface area contributed by atoms with E-state index < -0.39 is 11.9 Å². The molecule has 6 heteroatoms. The number of aliphatic hydroxyl groups excluding tert-OH is 1. The molecule has 0 aliphatic rings. The van der Waals surface area contributed by atoms with Gasteiger partial charge in [-0.2, -0.15) is 0 Å². The van der Waals surface area contributed by atoms with Gasteiger partial charge < -0.3 is 19.9 Å². The Bertz CT molecular complexity index is 258.